The van der Waals surface area contributed by atoms with Crippen LogP contribution in [0.2, 0.25) is 0 Å². The smallest absolute Gasteiger partial charge is 0.226 e. The van der Waals surface area contributed by atoms with E-state index in [1.165, 1.54) is 0 Å². The van der Waals surface area contributed by atoms with Gasteiger partial charge in [0, 0.05) is 37.4 Å². The van der Waals surface area contributed by atoms with E-state index in [1.54, 1.807) is 6.20 Å². The Balaban J connectivity index is 0.00000192. The van der Waals surface area contributed by atoms with Crippen molar-refractivity contribution >= 4 is 40.7 Å². The van der Waals surface area contributed by atoms with Gasteiger partial charge in [-0.05, 0) is 18.9 Å². The molecule has 0 bridgehead atoms. The Morgan fingerprint density at radius 3 is 3.00 bits per heavy atom. The summed E-state index contributed by atoms with van der Waals surface area (Å²) in [4.78, 5) is 21.8. The third-order valence-corrected chi connectivity index (χ3v) is 4.13. The number of anilines is 2. The number of halogens is 1. The largest absolute Gasteiger partial charge is 0.369 e. The van der Waals surface area contributed by atoms with E-state index in [0.717, 1.165) is 48.3 Å². The van der Waals surface area contributed by atoms with Gasteiger partial charge in [-0.2, -0.15) is 0 Å². The van der Waals surface area contributed by atoms with Gasteiger partial charge in [-0.3, -0.25) is 4.79 Å². The average Bonchev–Trinajstić information content (AvgIpc) is 2.90. The van der Waals surface area contributed by atoms with E-state index in [-0.39, 0.29) is 30.3 Å². The second-order valence-corrected chi connectivity index (χ2v) is 6.25. The fourth-order valence-corrected chi connectivity index (χ4v) is 2.91. The topological polar surface area (TPSA) is 87.0 Å². The Morgan fingerprint density at radius 2 is 2.30 bits per heavy atom. The monoisotopic (exact) mass is 337 g/mol. The number of fused-ring (bicyclic) bond motifs is 1. The van der Waals surface area contributed by atoms with Crippen molar-refractivity contribution < 1.29 is 4.79 Å². The van der Waals surface area contributed by atoms with Gasteiger partial charge in [0.25, 0.3) is 0 Å². The number of aromatic amines is 1. The normalized spacial score (nSPS) is 18.1. The molecule has 0 spiro atoms. The van der Waals surface area contributed by atoms with Crippen LogP contribution in [0.4, 0.5) is 11.4 Å². The van der Waals surface area contributed by atoms with E-state index >= 15 is 0 Å². The first kappa shape index (κ1) is 17.6. The van der Waals surface area contributed by atoms with Crippen LogP contribution < -0.4 is 16.0 Å². The highest BCUT2D eigenvalue weighted by molar-refractivity contribution is 6.06. The van der Waals surface area contributed by atoms with Crippen LogP contribution in [-0.2, 0) is 4.79 Å². The highest BCUT2D eigenvalue weighted by Crippen LogP contribution is 2.33. The van der Waals surface area contributed by atoms with Crippen molar-refractivity contribution in [2.45, 2.75) is 32.7 Å². The third kappa shape index (κ3) is 3.59. The summed E-state index contributed by atoms with van der Waals surface area (Å²) in [6, 6.07) is 2.20. The van der Waals surface area contributed by atoms with Gasteiger partial charge < -0.3 is 20.9 Å². The first-order valence-electron chi connectivity index (χ1n) is 7.83. The van der Waals surface area contributed by atoms with Gasteiger partial charge in [0.2, 0.25) is 5.91 Å². The van der Waals surface area contributed by atoms with Crippen molar-refractivity contribution in [1.82, 2.24) is 9.97 Å². The fraction of sp³-hybridized carbons (Fsp3) is 0.500. The predicted octanol–water partition coefficient (Wildman–Crippen LogP) is 2.51. The van der Waals surface area contributed by atoms with Crippen molar-refractivity contribution in [1.29, 1.82) is 0 Å². The first-order chi connectivity index (χ1) is 10.6. The Kier molecular flexibility index (Phi) is 5.49. The second kappa shape index (κ2) is 7.19. The van der Waals surface area contributed by atoms with Crippen molar-refractivity contribution in [2.24, 2.45) is 11.7 Å². The number of nitrogens with one attached hydrogen (secondary N) is 2. The molecule has 4 N–H and O–H groups in total. The Bertz CT molecular complexity index is 684. The van der Waals surface area contributed by atoms with Crippen molar-refractivity contribution in [3.8, 4) is 0 Å². The van der Waals surface area contributed by atoms with E-state index in [2.05, 4.69) is 20.2 Å². The van der Waals surface area contributed by atoms with Crippen LogP contribution >= 0.6 is 12.4 Å². The lowest BCUT2D eigenvalue weighted by Crippen LogP contribution is -2.42. The van der Waals surface area contributed by atoms with Gasteiger partial charge in [0.05, 0.1) is 16.8 Å². The molecule has 3 heterocycles. The summed E-state index contributed by atoms with van der Waals surface area (Å²) in [5.41, 5.74) is 8.76. The molecule has 0 aliphatic carbocycles. The molecule has 1 amide bonds. The molecule has 1 fully saturated rings. The number of H-pyrrole nitrogens is 1. The van der Waals surface area contributed by atoms with Crippen molar-refractivity contribution in [3.05, 3.63) is 18.5 Å². The predicted molar refractivity (Wildman–Crippen MR) is 96.2 cm³/mol. The second-order valence-electron chi connectivity index (χ2n) is 6.25. The van der Waals surface area contributed by atoms with Gasteiger partial charge in [0.15, 0.2) is 0 Å². The average molecular weight is 338 g/mol. The number of hydrogen-bond donors (Lipinski definition) is 3. The van der Waals surface area contributed by atoms with Crippen LogP contribution in [0.1, 0.15) is 26.7 Å². The number of carbonyl (C=O) groups excluding carboxylic acids is 1. The zero-order valence-electron chi connectivity index (χ0n) is 13.5. The minimum absolute atomic E-state index is 0. The number of rotatable bonds is 3. The molecule has 6 nitrogen and oxygen atoms in total. The minimum atomic E-state index is -0.0616. The summed E-state index contributed by atoms with van der Waals surface area (Å²) in [7, 11) is 0. The number of piperidine rings is 1. The molecule has 0 saturated carbocycles. The number of pyridine rings is 1. The quantitative estimate of drug-likeness (QED) is 0.803. The summed E-state index contributed by atoms with van der Waals surface area (Å²) in [5, 5.41) is 3.95. The summed E-state index contributed by atoms with van der Waals surface area (Å²) in [6.07, 6.45) is 5.76. The molecule has 7 heteroatoms. The maximum absolute atomic E-state index is 12.0. The summed E-state index contributed by atoms with van der Waals surface area (Å²) < 4.78 is 0. The number of nitrogens with zero attached hydrogens (tertiary/aromatic N) is 2. The molecule has 0 aromatic carbocycles. The molecule has 1 aliphatic heterocycles. The number of amides is 1. The number of hydrogen-bond acceptors (Lipinski definition) is 4. The Morgan fingerprint density at radius 1 is 1.52 bits per heavy atom. The lowest BCUT2D eigenvalue weighted by Gasteiger charge is -2.33. The van der Waals surface area contributed by atoms with Crippen LogP contribution in [0.3, 0.4) is 0 Å². The summed E-state index contributed by atoms with van der Waals surface area (Å²) in [5.74, 6) is -0.0560. The van der Waals surface area contributed by atoms with E-state index < -0.39 is 0 Å². The van der Waals surface area contributed by atoms with Gasteiger partial charge >= 0.3 is 0 Å². The molecule has 1 aliphatic rings. The maximum atomic E-state index is 12.0. The molecule has 1 saturated heterocycles. The minimum Gasteiger partial charge on any atom is -0.369 e. The van der Waals surface area contributed by atoms with E-state index in [0.29, 0.717) is 0 Å². The molecule has 2 aromatic rings. The Labute approximate surface area is 142 Å². The van der Waals surface area contributed by atoms with Gasteiger partial charge in [-0.15, -0.1) is 12.4 Å². The molecule has 1 atom stereocenters. The highest BCUT2D eigenvalue weighted by atomic mass is 35.5. The van der Waals surface area contributed by atoms with Crippen molar-refractivity contribution in [3.63, 3.8) is 0 Å². The van der Waals surface area contributed by atoms with E-state index in [4.69, 9.17) is 5.73 Å². The molecule has 0 unspecified atom stereocenters. The number of nitrogens with two attached hydrogens (primary N) is 1. The SMILES string of the molecule is CC(C)C(=O)Nc1c[nH]c2nccc(N3CCC[C@@H](N)C3)c12.Cl. The zero-order chi connectivity index (χ0) is 15.7. The lowest BCUT2D eigenvalue weighted by molar-refractivity contribution is -0.118. The molecule has 126 valence electrons. The Hall–Kier alpha value is -1.79. The molecule has 2 aromatic heterocycles. The van der Waals surface area contributed by atoms with Crippen LogP contribution in [0.5, 0.6) is 0 Å². The molecular formula is C16H24ClN5O. The summed E-state index contributed by atoms with van der Waals surface area (Å²) in [6.45, 7) is 5.58. The molecule has 23 heavy (non-hydrogen) atoms. The van der Waals surface area contributed by atoms with Crippen LogP contribution in [0.15, 0.2) is 18.5 Å². The third-order valence-electron chi connectivity index (χ3n) is 4.13. The molecular weight excluding hydrogens is 314 g/mol. The fourth-order valence-electron chi connectivity index (χ4n) is 2.91. The van der Waals surface area contributed by atoms with Gasteiger partial charge in [0.1, 0.15) is 5.65 Å². The molecule has 0 radical (unpaired) electrons. The standard InChI is InChI=1S/C16H23N5O.ClH/c1-10(2)16(22)20-12-8-19-15-14(12)13(5-6-18-15)21-7-3-4-11(17)9-21;/h5-6,8,10-11H,3-4,7,9,17H2,1-2H3,(H,18,19)(H,20,22);1H/t11-;/m1./s1. The van der Waals surface area contributed by atoms with Crippen LogP contribution in [-0.4, -0.2) is 35.0 Å². The summed E-state index contributed by atoms with van der Waals surface area (Å²) >= 11 is 0. The first-order valence-corrected chi connectivity index (χ1v) is 7.83. The molecule has 3 rings (SSSR count). The maximum Gasteiger partial charge on any atom is 0.226 e. The lowest BCUT2D eigenvalue weighted by atomic mass is 10.1. The van der Waals surface area contributed by atoms with E-state index in [1.807, 2.05) is 26.1 Å². The van der Waals surface area contributed by atoms with Gasteiger partial charge in [-0.25, -0.2) is 4.98 Å². The zero-order valence-corrected chi connectivity index (χ0v) is 14.3. The van der Waals surface area contributed by atoms with Crippen LogP contribution in [0.25, 0.3) is 11.0 Å². The van der Waals surface area contributed by atoms with Crippen LogP contribution in [0, 0.1) is 5.92 Å². The highest BCUT2D eigenvalue weighted by Gasteiger charge is 2.21. The van der Waals surface area contributed by atoms with E-state index in [9.17, 15) is 4.79 Å². The van der Waals surface area contributed by atoms with Crippen molar-refractivity contribution in [2.75, 3.05) is 23.3 Å². The number of aromatic nitrogens is 2. The van der Waals surface area contributed by atoms with Gasteiger partial charge in [-0.1, -0.05) is 13.8 Å². The number of carbonyl (C=O) groups is 1.